The normalized spacial score (nSPS) is 19.0. The molecule has 2 N–H and O–H groups in total. The number of primary amides is 1. The van der Waals surface area contributed by atoms with Crippen LogP contribution in [0.5, 0.6) is 5.75 Å². The second-order valence-corrected chi connectivity index (χ2v) is 6.03. The van der Waals surface area contributed by atoms with Gasteiger partial charge < -0.3 is 15.4 Å². The number of amides is 2. The Morgan fingerprint density at radius 3 is 2.57 bits per heavy atom. The van der Waals surface area contributed by atoms with Crippen LogP contribution in [0.3, 0.4) is 0 Å². The number of carbonyl (C=O) groups excluding carboxylic acids is 2. The van der Waals surface area contributed by atoms with Crippen LogP contribution in [0.1, 0.15) is 20.3 Å². The molecule has 0 aliphatic carbocycles. The van der Waals surface area contributed by atoms with Crippen molar-refractivity contribution in [1.82, 2.24) is 4.90 Å². The van der Waals surface area contributed by atoms with Crippen molar-refractivity contribution in [3.05, 3.63) is 29.8 Å². The molecule has 0 radical (unpaired) electrons. The predicted octanol–water partition coefficient (Wildman–Crippen LogP) is 1.70. The van der Waals surface area contributed by atoms with Crippen LogP contribution < -0.4 is 10.5 Å². The maximum Gasteiger partial charge on any atom is 0.263 e. The molecule has 23 heavy (non-hydrogen) atoms. The van der Waals surface area contributed by atoms with E-state index >= 15 is 0 Å². The lowest BCUT2D eigenvalue weighted by molar-refractivity contribution is -0.139. The summed E-state index contributed by atoms with van der Waals surface area (Å²) < 4.78 is 32.2. The maximum atomic E-state index is 13.7. The fourth-order valence-electron chi connectivity index (χ4n) is 2.55. The minimum absolute atomic E-state index is 0.177. The Kier molecular flexibility index (Phi) is 5.18. The second kappa shape index (κ2) is 6.93. The lowest BCUT2D eigenvalue weighted by Crippen LogP contribution is -2.44. The van der Waals surface area contributed by atoms with Crippen LogP contribution in [0.15, 0.2) is 18.2 Å². The summed E-state index contributed by atoms with van der Waals surface area (Å²) in [5, 5.41) is 0. The molecular weight excluding hydrogens is 306 g/mol. The molecule has 1 aliphatic heterocycles. The molecule has 0 unspecified atom stereocenters. The van der Waals surface area contributed by atoms with E-state index < -0.39 is 23.6 Å². The molecule has 1 aliphatic rings. The van der Waals surface area contributed by atoms with E-state index in [4.69, 9.17) is 10.5 Å². The standard InChI is InChI=1S/C16H20F2N2O3/c1-9(2)14(23-13-4-3-11(17)7-12(13)18)16(22)20-6-5-10(8-20)15(19)21/h3-4,7,9-10,14H,5-6,8H2,1-2H3,(H2,19,21)/t10-,14-/m0/s1. The zero-order valence-corrected chi connectivity index (χ0v) is 13.1. The third-order valence-electron chi connectivity index (χ3n) is 3.90. The lowest BCUT2D eigenvalue weighted by atomic mass is 10.1. The molecule has 2 atom stereocenters. The van der Waals surface area contributed by atoms with Gasteiger partial charge in [-0.3, -0.25) is 9.59 Å². The van der Waals surface area contributed by atoms with Crippen molar-refractivity contribution < 1.29 is 23.1 Å². The van der Waals surface area contributed by atoms with Crippen LogP contribution in [0.25, 0.3) is 0 Å². The van der Waals surface area contributed by atoms with Crippen LogP contribution in [0.2, 0.25) is 0 Å². The summed E-state index contributed by atoms with van der Waals surface area (Å²) in [5.41, 5.74) is 5.26. The molecule has 1 aromatic rings. The molecule has 1 saturated heterocycles. The van der Waals surface area contributed by atoms with Gasteiger partial charge in [0.05, 0.1) is 5.92 Å². The highest BCUT2D eigenvalue weighted by atomic mass is 19.1. The number of ether oxygens (including phenoxy) is 1. The quantitative estimate of drug-likeness (QED) is 0.895. The number of halogens is 2. The summed E-state index contributed by atoms with van der Waals surface area (Å²) in [5.74, 6) is -3.11. The van der Waals surface area contributed by atoms with E-state index in [0.29, 0.717) is 19.0 Å². The van der Waals surface area contributed by atoms with E-state index in [-0.39, 0.29) is 30.0 Å². The number of benzene rings is 1. The van der Waals surface area contributed by atoms with Crippen molar-refractivity contribution in [1.29, 1.82) is 0 Å². The fraction of sp³-hybridized carbons (Fsp3) is 0.500. The highest BCUT2D eigenvalue weighted by Crippen LogP contribution is 2.24. The van der Waals surface area contributed by atoms with E-state index in [1.807, 2.05) is 0 Å². The minimum Gasteiger partial charge on any atom is -0.477 e. The van der Waals surface area contributed by atoms with Gasteiger partial charge >= 0.3 is 0 Å². The average Bonchev–Trinajstić information content (AvgIpc) is 2.95. The second-order valence-electron chi connectivity index (χ2n) is 6.03. The maximum absolute atomic E-state index is 13.7. The monoisotopic (exact) mass is 326 g/mol. The Balaban J connectivity index is 2.12. The Labute approximate surface area is 133 Å². The van der Waals surface area contributed by atoms with Crippen molar-refractivity contribution in [3.63, 3.8) is 0 Å². The van der Waals surface area contributed by atoms with Gasteiger partial charge in [-0.25, -0.2) is 8.78 Å². The van der Waals surface area contributed by atoms with Gasteiger partial charge in [-0.15, -0.1) is 0 Å². The van der Waals surface area contributed by atoms with Crippen molar-refractivity contribution >= 4 is 11.8 Å². The van der Waals surface area contributed by atoms with Crippen molar-refractivity contribution in [2.45, 2.75) is 26.4 Å². The summed E-state index contributed by atoms with van der Waals surface area (Å²) in [6.45, 7) is 4.19. The van der Waals surface area contributed by atoms with E-state index in [9.17, 15) is 18.4 Å². The molecule has 0 bridgehead atoms. The zero-order valence-electron chi connectivity index (χ0n) is 13.1. The molecule has 5 nitrogen and oxygen atoms in total. The van der Waals surface area contributed by atoms with Crippen molar-refractivity contribution in [2.24, 2.45) is 17.6 Å². The van der Waals surface area contributed by atoms with Gasteiger partial charge in [-0.1, -0.05) is 13.8 Å². The summed E-state index contributed by atoms with van der Waals surface area (Å²) in [6, 6.07) is 2.93. The Morgan fingerprint density at radius 2 is 2.04 bits per heavy atom. The summed E-state index contributed by atoms with van der Waals surface area (Å²) >= 11 is 0. The predicted molar refractivity (Wildman–Crippen MR) is 79.5 cm³/mol. The molecule has 2 amide bonds. The van der Waals surface area contributed by atoms with E-state index in [2.05, 4.69) is 0 Å². The molecular formula is C16H20F2N2O3. The first-order valence-corrected chi connectivity index (χ1v) is 7.49. The van der Waals surface area contributed by atoms with E-state index in [1.54, 1.807) is 13.8 Å². The van der Waals surface area contributed by atoms with Crippen LogP contribution in [0.4, 0.5) is 8.78 Å². The highest BCUT2D eigenvalue weighted by Gasteiger charge is 2.35. The molecule has 0 spiro atoms. The van der Waals surface area contributed by atoms with Crippen molar-refractivity contribution in [2.75, 3.05) is 13.1 Å². The summed E-state index contributed by atoms with van der Waals surface area (Å²) in [6.07, 6.45) is -0.404. The number of hydrogen-bond acceptors (Lipinski definition) is 3. The molecule has 7 heteroatoms. The smallest absolute Gasteiger partial charge is 0.263 e. The first-order valence-electron chi connectivity index (χ1n) is 7.49. The highest BCUT2D eigenvalue weighted by molar-refractivity contribution is 5.84. The van der Waals surface area contributed by atoms with Crippen LogP contribution >= 0.6 is 0 Å². The van der Waals surface area contributed by atoms with Gasteiger partial charge in [-0.2, -0.15) is 0 Å². The molecule has 126 valence electrons. The average molecular weight is 326 g/mol. The van der Waals surface area contributed by atoms with E-state index in [1.165, 1.54) is 4.90 Å². The molecule has 0 aromatic heterocycles. The van der Waals surface area contributed by atoms with Gasteiger partial charge in [0.1, 0.15) is 5.82 Å². The number of nitrogens with zero attached hydrogens (tertiary/aromatic N) is 1. The van der Waals surface area contributed by atoms with Crippen LogP contribution in [-0.2, 0) is 9.59 Å². The SMILES string of the molecule is CC(C)[C@H](Oc1ccc(F)cc1F)C(=O)N1CC[C@H](C(N)=O)C1. The van der Waals surface area contributed by atoms with Crippen LogP contribution in [0, 0.1) is 23.5 Å². The summed E-state index contributed by atoms with van der Waals surface area (Å²) in [4.78, 5) is 25.3. The Bertz CT molecular complexity index is 607. The third kappa shape index (κ3) is 3.97. The van der Waals surface area contributed by atoms with Gasteiger partial charge in [-0.05, 0) is 24.5 Å². The summed E-state index contributed by atoms with van der Waals surface area (Å²) in [7, 11) is 0. The number of carbonyl (C=O) groups is 2. The largest absolute Gasteiger partial charge is 0.477 e. The van der Waals surface area contributed by atoms with Crippen LogP contribution in [-0.4, -0.2) is 35.9 Å². The fourth-order valence-corrected chi connectivity index (χ4v) is 2.55. The third-order valence-corrected chi connectivity index (χ3v) is 3.90. The molecule has 0 saturated carbocycles. The topological polar surface area (TPSA) is 72.6 Å². The van der Waals surface area contributed by atoms with Gasteiger partial charge in [0, 0.05) is 19.2 Å². The number of nitrogens with two attached hydrogens (primary N) is 1. The number of hydrogen-bond donors (Lipinski definition) is 1. The molecule has 1 heterocycles. The van der Waals surface area contributed by atoms with Crippen molar-refractivity contribution in [3.8, 4) is 5.75 Å². The molecule has 1 aromatic carbocycles. The first-order chi connectivity index (χ1) is 10.8. The number of rotatable bonds is 5. The first kappa shape index (κ1) is 17.2. The lowest BCUT2D eigenvalue weighted by Gasteiger charge is -2.26. The molecule has 2 rings (SSSR count). The van der Waals surface area contributed by atoms with Gasteiger partial charge in [0.15, 0.2) is 17.7 Å². The number of likely N-dealkylation sites (tertiary alicyclic amines) is 1. The van der Waals surface area contributed by atoms with E-state index in [0.717, 1.165) is 12.1 Å². The minimum atomic E-state index is -0.915. The Hall–Kier alpha value is -2.18. The van der Waals surface area contributed by atoms with Gasteiger partial charge in [0.2, 0.25) is 5.91 Å². The Morgan fingerprint density at radius 1 is 1.35 bits per heavy atom. The zero-order chi connectivity index (χ0) is 17.1. The van der Waals surface area contributed by atoms with Gasteiger partial charge in [0.25, 0.3) is 5.91 Å². The molecule has 1 fully saturated rings.